The Bertz CT molecular complexity index is 786. The van der Waals surface area contributed by atoms with Crippen LogP contribution in [0.4, 0.5) is 5.69 Å². The predicted molar refractivity (Wildman–Crippen MR) is 94.1 cm³/mol. The Labute approximate surface area is 137 Å². The second-order valence-corrected chi connectivity index (χ2v) is 5.80. The Balaban J connectivity index is 2.30. The van der Waals surface area contributed by atoms with Gasteiger partial charge in [-0.05, 0) is 62.6 Å². The summed E-state index contributed by atoms with van der Waals surface area (Å²) in [5.41, 5.74) is 6.09. The van der Waals surface area contributed by atoms with Crippen molar-refractivity contribution in [1.82, 2.24) is 0 Å². The Morgan fingerprint density at radius 3 is 2.09 bits per heavy atom. The van der Waals surface area contributed by atoms with E-state index in [9.17, 15) is 10.1 Å². The van der Waals surface area contributed by atoms with Crippen molar-refractivity contribution in [1.29, 1.82) is 5.26 Å². The average molecular weight is 304 g/mol. The van der Waals surface area contributed by atoms with Crippen LogP contribution in [0.3, 0.4) is 0 Å². The van der Waals surface area contributed by atoms with Gasteiger partial charge in [-0.25, -0.2) is 0 Å². The lowest BCUT2D eigenvalue weighted by atomic mass is 9.98. The van der Waals surface area contributed by atoms with E-state index in [1.54, 1.807) is 6.08 Å². The van der Waals surface area contributed by atoms with Crippen LogP contribution in [0, 0.1) is 39.0 Å². The second-order valence-electron chi connectivity index (χ2n) is 5.80. The first-order chi connectivity index (χ1) is 10.9. The monoisotopic (exact) mass is 304 g/mol. The van der Waals surface area contributed by atoms with Crippen LogP contribution in [-0.2, 0) is 4.79 Å². The van der Waals surface area contributed by atoms with Crippen LogP contribution in [-0.4, -0.2) is 5.91 Å². The number of anilines is 1. The van der Waals surface area contributed by atoms with Gasteiger partial charge in [-0.1, -0.05) is 35.4 Å². The summed E-state index contributed by atoms with van der Waals surface area (Å²) >= 11 is 0. The van der Waals surface area contributed by atoms with Crippen LogP contribution in [0.1, 0.15) is 27.8 Å². The van der Waals surface area contributed by atoms with E-state index in [1.165, 1.54) is 5.56 Å². The van der Waals surface area contributed by atoms with Crippen LogP contribution in [0.25, 0.3) is 6.08 Å². The molecular weight excluding hydrogens is 284 g/mol. The van der Waals surface area contributed by atoms with Gasteiger partial charge in [0.05, 0.1) is 0 Å². The highest BCUT2D eigenvalue weighted by molar-refractivity contribution is 6.09. The molecule has 3 heteroatoms. The van der Waals surface area contributed by atoms with Crippen molar-refractivity contribution < 1.29 is 4.79 Å². The molecule has 0 atom stereocenters. The number of benzene rings is 2. The molecule has 23 heavy (non-hydrogen) atoms. The fraction of sp³-hybridized carbons (Fsp3) is 0.200. The van der Waals surface area contributed by atoms with Crippen molar-refractivity contribution in [3.63, 3.8) is 0 Å². The van der Waals surface area contributed by atoms with E-state index in [1.807, 2.05) is 70.2 Å². The van der Waals surface area contributed by atoms with Crippen molar-refractivity contribution in [3.05, 3.63) is 69.8 Å². The molecule has 3 nitrogen and oxygen atoms in total. The van der Waals surface area contributed by atoms with Crippen molar-refractivity contribution in [3.8, 4) is 6.07 Å². The van der Waals surface area contributed by atoms with Crippen LogP contribution in [0.5, 0.6) is 0 Å². The van der Waals surface area contributed by atoms with Crippen molar-refractivity contribution in [2.45, 2.75) is 27.7 Å². The lowest BCUT2D eigenvalue weighted by molar-refractivity contribution is -0.112. The van der Waals surface area contributed by atoms with E-state index in [0.29, 0.717) is 5.69 Å². The minimum Gasteiger partial charge on any atom is -0.321 e. The number of rotatable bonds is 3. The highest BCUT2D eigenvalue weighted by Gasteiger charge is 2.11. The topological polar surface area (TPSA) is 52.9 Å². The van der Waals surface area contributed by atoms with Crippen LogP contribution >= 0.6 is 0 Å². The van der Waals surface area contributed by atoms with Crippen LogP contribution in [0.2, 0.25) is 0 Å². The number of nitriles is 1. The quantitative estimate of drug-likeness (QED) is 0.672. The van der Waals surface area contributed by atoms with Gasteiger partial charge in [0.1, 0.15) is 11.6 Å². The molecule has 116 valence electrons. The molecule has 2 rings (SSSR count). The summed E-state index contributed by atoms with van der Waals surface area (Å²) in [6.45, 7) is 7.98. The number of hydrogen-bond donors (Lipinski definition) is 1. The maximum atomic E-state index is 12.3. The molecule has 1 amide bonds. The van der Waals surface area contributed by atoms with E-state index in [4.69, 9.17) is 0 Å². The molecule has 0 aliphatic carbocycles. The number of aryl methyl sites for hydroxylation is 4. The number of carbonyl (C=O) groups excluding carboxylic acids is 1. The fourth-order valence-electron chi connectivity index (χ4n) is 2.55. The molecule has 0 bridgehead atoms. The first-order valence-electron chi connectivity index (χ1n) is 7.48. The van der Waals surface area contributed by atoms with Crippen molar-refractivity contribution in [2.75, 3.05) is 5.32 Å². The number of nitrogens with zero attached hydrogens (tertiary/aromatic N) is 1. The molecule has 0 radical (unpaired) electrons. The molecule has 2 aromatic rings. The van der Waals surface area contributed by atoms with Gasteiger partial charge in [-0.3, -0.25) is 4.79 Å². The summed E-state index contributed by atoms with van der Waals surface area (Å²) in [4.78, 5) is 12.3. The highest BCUT2D eigenvalue weighted by Crippen LogP contribution is 2.20. The number of carbonyl (C=O) groups is 1. The zero-order valence-electron chi connectivity index (χ0n) is 13.9. The lowest BCUT2D eigenvalue weighted by Crippen LogP contribution is -2.13. The fourth-order valence-corrected chi connectivity index (χ4v) is 2.55. The summed E-state index contributed by atoms with van der Waals surface area (Å²) in [5, 5.41) is 12.1. The normalized spacial score (nSPS) is 11.0. The third-order valence-corrected chi connectivity index (χ3v) is 3.70. The van der Waals surface area contributed by atoms with E-state index < -0.39 is 5.91 Å². The smallest absolute Gasteiger partial charge is 0.266 e. The third kappa shape index (κ3) is 4.08. The van der Waals surface area contributed by atoms with Gasteiger partial charge in [0.25, 0.3) is 5.91 Å². The third-order valence-electron chi connectivity index (χ3n) is 3.70. The summed E-state index contributed by atoms with van der Waals surface area (Å²) in [5.74, 6) is -0.393. The summed E-state index contributed by atoms with van der Waals surface area (Å²) < 4.78 is 0. The van der Waals surface area contributed by atoms with Crippen molar-refractivity contribution >= 4 is 17.7 Å². The van der Waals surface area contributed by atoms with Gasteiger partial charge in [0.2, 0.25) is 0 Å². The maximum absolute atomic E-state index is 12.3. The molecule has 0 aromatic heterocycles. The lowest BCUT2D eigenvalue weighted by Gasteiger charge is -2.09. The Hall–Kier alpha value is -2.86. The summed E-state index contributed by atoms with van der Waals surface area (Å²) in [6, 6.07) is 13.6. The Morgan fingerprint density at radius 2 is 1.57 bits per heavy atom. The molecule has 0 fully saturated rings. The van der Waals surface area contributed by atoms with Crippen LogP contribution in [0.15, 0.2) is 42.0 Å². The summed E-state index contributed by atoms with van der Waals surface area (Å²) in [6.07, 6.45) is 1.66. The van der Waals surface area contributed by atoms with Gasteiger partial charge in [-0.2, -0.15) is 5.26 Å². The van der Waals surface area contributed by atoms with Gasteiger partial charge in [0, 0.05) is 5.69 Å². The van der Waals surface area contributed by atoms with Gasteiger partial charge < -0.3 is 5.32 Å². The standard InChI is InChI=1S/C20H20N2O/c1-13-5-7-18(8-6-13)22-20(23)17(12-21)11-19-15(3)9-14(2)10-16(19)4/h5-11H,1-4H3,(H,22,23). The van der Waals surface area contributed by atoms with Gasteiger partial charge in [-0.15, -0.1) is 0 Å². The molecule has 0 unspecified atom stereocenters. The van der Waals surface area contributed by atoms with Gasteiger partial charge in [0.15, 0.2) is 0 Å². The SMILES string of the molecule is Cc1ccc(NC(=O)C(C#N)=Cc2c(C)cc(C)cc2C)cc1. The molecule has 0 aliphatic rings. The largest absolute Gasteiger partial charge is 0.321 e. The zero-order chi connectivity index (χ0) is 17.0. The van der Waals surface area contributed by atoms with E-state index in [0.717, 1.165) is 22.3 Å². The number of nitrogens with one attached hydrogen (secondary N) is 1. The Morgan fingerprint density at radius 1 is 1.00 bits per heavy atom. The van der Waals surface area contributed by atoms with E-state index in [-0.39, 0.29) is 5.57 Å². The maximum Gasteiger partial charge on any atom is 0.266 e. The van der Waals surface area contributed by atoms with E-state index >= 15 is 0 Å². The molecule has 0 saturated heterocycles. The zero-order valence-corrected chi connectivity index (χ0v) is 13.9. The minimum absolute atomic E-state index is 0.0978. The highest BCUT2D eigenvalue weighted by atomic mass is 16.1. The first-order valence-corrected chi connectivity index (χ1v) is 7.48. The van der Waals surface area contributed by atoms with Crippen molar-refractivity contribution in [2.24, 2.45) is 0 Å². The molecular formula is C20H20N2O. The molecule has 0 spiro atoms. The van der Waals surface area contributed by atoms with E-state index in [2.05, 4.69) is 5.32 Å². The average Bonchev–Trinajstić information content (AvgIpc) is 2.49. The Kier molecular flexibility index (Phi) is 4.98. The molecule has 1 N–H and O–H groups in total. The second kappa shape index (κ2) is 6.93. The minimum atomic E-state index is -0.393. The molecule has 0 aliphatic heterocycles. The number of amides is 1. The first kappa shape index (κ1) is 16.5. The molecule has 2 aromatic carbocycles. The predicted octanol–water partition coefficient (Wildman–Crippen LogP) is 4.47. The molecule has 0 saturated carbocycles. The molecule has 0 heterocycles. The van der Waals surface area contributed by atoms with Gasteiger partial charge >= 0.3 is 0 Å². The number of hydrogen-bond acceptors (Lipinski definition) is 2. The summed E-state index contributed by atoms with van der Waals surface area (Å²) in [7, 11) is 0. The van der Waals surface area contributed by atoms with Crippen LogP contribution < -0.4 is 5.32 Å².